The van der Waals surface area contributed by atoms with Crippen molar-refractivity contribution < 1.29 is 22.3 Å². The van der Waals surface area contributed by atoms with Crippen LogP contribution in [0.4, 0.5) is 10.1 Å². The predicted molar refractivity (Wildman–Crippen MR) is 89.0 cm³/mol. The van der Waals surface area contributed by atoms with Gasteiger partial charge >= 0.3 is 5.97 Å². The molecule has 0 fully saturated rings. The first-order chi connectivity index (χ1) is 11.4. The largest absolute Gasteiger partial charge is 0.462 e. The maximum absolute atomic E-state index is 13.0. The van der Waals surface area contributed by atoms with E-state index in [9.17, 15) is 17.6 Å². The van der Waals surface area contributed by atoms with Crippen molar-refractivity contribution in [3.05, 3.63) is 59.9 Å². The Kier molecular flexibility index (Phi) is 5.56. The van der Waals surface area contributed by atoms with Gasteiger partial charge in [-0.2, -0.15) is 0 Å². The van der Waals surface area contributed by atoms with Crippen molar-refractivity contribution in [3.8, 4) is 0 Å². The number of hydrogen-bond acceptors (Lipinski definition) is 4. The molecule has 7 heteroatoms. The molecule has 0 N–H and O–H groups in total. The molecular weight excluding hydrogens is 333 g/mol. The van der Waals surface area contributed by atoms with E-state index in [1.165, 1.54) is 40.7 Å². The average Bonchev–Trinajstić information content (AvgIpc) is 2.56. The monoisotopic (exact) mass is 351 g/mol. The van der Waals surface area contributed by atoms with Crippen LogP contribution < -0.4 is 4.31 Å². The minimum Gasteiger partial charge on any atom is -0.462 e. The number of carbonyl (C=O) groups is 1. The summed E-state index contributed by atoms with van der Waals surface area (Å²) in [6, 6.07) is 10.7. The topological polar surface area (TPSA) is 63.7 Å². The molecule has 128 valence electrons. The fourth-order valence-corrected chi connectivity index (χ4v) is 3.68. The van der Waals surface area contributed by atoms with Gasteiger partial charge in [-0.3, -0.25) is 4.31 Å². The Hall–Kier alpha value is -2.41. The highest BCUT2D eigenvalue weighted by Crippen LogP contribution is 2.24. The molecule has 0 atom stereocenters. The molecule has 0 amide bonds. The lowest BCUT2D eigenvalue weighted by atomic mass is 10.2. The number of anilines is 1. The molecule has 0 aliphatic heterocycles. The Morgan fingerprint density at radius 3 is 2.12 bits per heavy atom. The highest BCUT2D eigenvalue weighted by Gasteiger charge is 2.23. The Morgan fingerprint density at radius 1 is 1.04 bits per heavy atom. The number of halogens is 1. The lowest BCUT2D eigenvalue weighted by Crippen LogP contribution is -2.30. The van der Waals surface area contributed by atoms with Crippen LogP contribution in [-0.2, 0) is 14.8 Å². The van der Waals surface area contributed by atoms with Crippen molar-refractivity contribution in [2.45, 2.75) is 18.7 Å². The molecule has 2 rings (SSSR count). The molecular formula is C17H18FNO4S. The second kappa shape index (κ2) is 7.44. The van der Waals surface area contributed by atoms with Crippen LogP contribution in [0.3, 0.4) is 0 Å². The quantitative estimate of drug-likeness (QED) is 0.750. The Labute approximate surface area is 140 Å². The number of nitrogens with zero attached hydrogens (tertiary/aromatic N) is 1. The minimum atomic E-state index is -3.81. The van der Waals surface area contributed by atoms with Gasteiger partial charge < -0.3 is 4.74 Å². The van der Waals surface area contributed by atoms with Gasteiger partial charge in [0.2, 0.25) is 0 Å². The normalized spacial score (nSPS) is 11.1. The molecule has 0 aliphatic carbocycles. The molecule has 0 aromatic heterocycles. The zero-order chi connectivity index (χ0) is 17.7. The third-order valence-electron chi connectivity index (χ3n) is 3.36. The van der Waals surface area contributed by atoms with Gasteiger partial charge in [-0.25, -0.2) is 17.6 Å². The standard InChI is InChI=1S/C17H18FNO4S/c1-3-19(24(21,22)16-11-7-14(18)8-12-16)15-9-5-13(6-10-15)17(20)23-4-2/h5-12H,3-4H2,1-2H3. The van der Waals surface area contributed by atoms with Crippen LogP contribution in [0.2, 0.25) is 0 Å². The summed E-state index contributed by atoms with van der Waals surface area (Å²) in [5.74, 6) is -0.968. The fourth-order valence-electron chi connectivity index (χ4n) is 2.20. The van der Waals surface area contributed by atoms with Crippen molar-refractivity contribution in [1.29, 1.82) is 0 Å². The summed E-state index contributed by atoms with van der Waals surface area (Å²) in [5.41, 5.74) is 0.755. The van der Waals surface area contributed by atoms with Gasteiger partial charge in [-0.15, -0.1) is 0 Å². The predicted octanol–water partition coefficient (Wildman–Crippen LogP) is 3.22. The number of hydrogen-bond donors (Lipinski definition) is 0. The average molecular weight is 351 g/mol. The first kappa shape index (κ1) is 17.9. The molecule has 24 heavy (non-hydrogen) atoms. The van der Waals surface area contributed by atoms with Crippen molar-refractivity contribution in [2.24, 2.45) is 0 Å². The fraction of sp³-hybridized carbons (Fsp3) is 0.235. The van der Waals surface area contributed by atoms with Gasteiger partial charge in [0.15, 0.2) is 0 Å². The number of ether oxygens (including phenoxy) is 1. The van der Waals surface area contributed by atoms with Crippen molar-refractivity contribution in [2.75, 3.05) is 17.5 Å². The third kappa shape index (κ3) is 3.73. The van der Waals surface area contributed by atoms with Crippen LogP contribution in [-0.4, -0.2) is 27.5 Å². The molecule has 0 radical (unpaired) electrons. The zero-order valence-electron chi connectivity index (χ0n) is 13.4. The van der Waals surface area contributed by atoms with Crippen molar-refractivity contribution in [1.82, 2.24) is 0 Å². The maximum Gasteiger partial charge on any atom is 0.338 e. The molecule has 0 bridgehead atoms. The highest BCUT2D eigenvalue weighted by molar-refractivity contribution is 7.92. The Morgan fingerprint density at radius 2 is 1.62 bits per heavy atom. The molecule has 2 aromatic carbocycles. The summed E-state index contributed by atoms with van der Waals surface area (Å²) in [4.78, 5) is 11.7. The van der Waals surface area contributed by atoms with E-state index >= 15 is 0 Å². The first-order valence-corrected chi connectivity index (χ1v) is 8.89. The second-order valence-electron chi connectivity index (χ2n) is 4.89. The van der Waals surface area contributed by atoms with E-state index in [1.54, 1.807) is 13.8 Å². The van der Waals surface area contributed by atoms with Crippen LogP contribution in [0.5, 0.6) is 0 Å². The van der Waals surface area contributed by atoms with E-state index in [2.05, 4.69) is 0 Å². The van der Waals surface area contributed by atoms with Crippen LogP contribution in [0.15, 0.2) is 53.4 Å². The van der Waals surface area contributed by atoms with Gasteiger partial charge in [-0.1, -0.05) is 0 Å². The van der Waals surface area contributed by atoms with E-state index in [1.807, 2.05) is 0 Å². The Bertz CT molecular complexity index is 801. The SMILES string of the molecule is CCOC(=O)c1ccc(N(CC)S(=O)(=O)c2ccc(F)cc2)cc1. The van der Waals surface area contributed by atoms with Crippen LogP contribution in [0.1, 0.15) is 24.2 Å². The van der Waals surface area contributed by atoms with E-state index in [0.717, 1.165) is 12.1 Å². The third-order valence-corrected chi connectivity index (χ3v) is 5.27. The molecule has 2 aromatic rings. The number of rotatable bonds is 6. The second-order valence-corrected chi connectivity index (χ2v) is 6.75. The van der Waals surface area contributed by atoms with Crippen LogP contribution in [0, 0.1) is 5.82 Å². The minimum absolute atomic E-state index is 0.000203. The summed E-state index contributed by atoms with van der Waals surface area (Å²) in [6.45, 7) is 3.86. The number of esters is 1. The van der Waals surface area contributed by atoms with Gasteiger partial charge in [0.25, 0.3) is 10.0 Å². The van der Waals surface area contributed by atoms with Gasteiger partial charge in [0.1, 0.15) is 5.82 Å². The lowest BCUT2D eigenvalue weighted by Gasteiger charge is -2.23. The summed E-state index contributed by atoms with van der Waals surface area (Å²) in [5, 5.41) is 0. The van der Waals surface area contributed by atoms with E-state index in [-0.39, 0.29) is 18.0 Å². The van der Waals surface area contributed by atoms with Crippen molar-refractivity contribution in [3.63, 3.8) is 0 Å². The summed E-state index contributed by atoms with van der Waals surface area (Å²) < 4.78 is 44.5. The maximum atomic E-state index is 13.0. The smallest absolute Gasteiger partial charge is 0.338 e. The summed E-state index contributed by atoms with van der Waals surface area (Å²) >= 11 is 0. The van der Waals surface area contributed by atoms with E-state index in [4.69, 9.17) is 4.74 Å². The van der Waals surface area contributed by atoms with E-state index < -0.39 is 21.8 Å². The zero-order valence-corrected chi connectivity index (χ0v) is 14.2. The van der Waals surface area contributed by atoms with Gasteiger partial charge in [0.05, 0.1) is 22.8 Å². The number of sulfonamides is 1. The van der Waals surface area contributed by atoms with Crippen molar-refractivity contribution >= 4 is 21.7 Å². The summed E-state index contributed by atoms with van der Waals surface area (Å²) in [6.07, 6.45) is 0. The number of carbonyl (C=O) groups excluding carboxylic acids is 1. The molecule has 0 saturated heterocycles. The molecule has 0 unspecified atom stereocenters. The van der Waals surface area contributed by atoms with Crippen LogP contribution >= 0.6 is 0 Å². The molecule has 0 aliphatic rings. The lowest BCUT2D eigenvalue weighted by molar-refractivity contribution is 0.0526. The molecule has 0 saturated carbocycles. The first-order valence-electron chi connectivity index (χ1n) is 7.45. The van der Waals surface area contributed by atoms with E-state index in [0.29, 0.717) is 11.3 Å². The number of benzene rings is 2. The van der Waals surface area contributed by atoms with Crippen LogP contribution in [0.25, 0.3) is 0 Å². The van der Waals surface area contributed by atoms with Gasteiger partial charge in [-0.05, 0) is 62.4 Å². The molecule has 5 nitrogen and oxygen atoms in total. The highest BCUT2D eigenvalue weighted by atomic mass is 32.2. The Balaban J connectivity index is 2.34. The molecule has 0 spiro atoms. The molecule has 0 heterocycles. The summed E-state index contributed by atoms with van der Waals surface area (Å²) in [7, 11) is -3.81. The van der Waals surface area contributed by atoms with Gasteiger partial charge in [0, 0.05) is 6.54 Å².